The first-order valence-electron chi connectivity index (χ1n) is 5.74. The van der Waals surface area contributed by atoms with Crippen molar-refractivity contribution in [1.82, 2.24) is 15.0 Å². The van der Waals surface area contributed by atoms with Gasteiger partial charge in [-0.1, -0.05) is 11.8 Å². The molecule has 2 heterocycles. The van der Waals surface area contributed by atoms with Crippen LogP contribution in [-0.4, -0.2) is 28.0 Å². The molecule has 2 rings (SSSR count). The lowest BCUT2D eigenvalue weighted by atomic mass is 10.2. The van der Waals surface area contributed by atoms with E-state index in [1.165, 1.54) is 18.9 Å². The number of thiazole rings is 1. The predicted octanol–water partition coefficient (Wildman–Crippen LogP) is 1.92. The highest BCUT2D eigenvalue weighted by molar-refractivity contribution is 7.98. The second-order valence-corrected chi connectivity index (χ2v) is 6.01. The van der Waals surface area contributed by atoms with Crippen molar-refractivity contribution in [2.75, 3.05) is 7.11 Å². The van der Waals surface area contributed by atoms with Crippen molar-refractivity contribution in [2.24, 2.45) is 0 Å². The number of carbonyl (C=O) groups excluding carboxylic acids is 1. The third kappa shape index (κ3) is 3.26. The van der Waals surface area contributed by atoms with E-state index in [-0.39, 0.29) is 0 Å². The van der Waals surface area contributed by atoms with Crippen molar-refractivity contribution in [3.8, 4) is 0 Å². The summed E-state index contributed by atoms with van der Waals surface area (Å²) in [6, 6.07) is 0. The highest BCUT2D eigenvalue weighted by Gasteiger charge is 2.18. The molecule has 0 saturated heterocycles. The van der Waals surface area contributed by atoms with Gasteiger partial charge in [-0.2, -0.15) is 4.98 Å². The number of rotatable bonds is 4. The lowest BCUT2D eigenvalue weighted by Crippen LogP contribution is -2.19. The minimum absolute atomic E-state index is 0.295. The molecule has 20 heavy (non-hydrogen) atoms. The maximum absolute atomic E-state index is 11.8. The van der Waals surface area contributed by atoms with Crippen LogP contribution in [-0.2, 0) is 10.5 Å². The fourth-order valence-electron chi connectivity index (χ4n) is 1.62. The average molecular weight is 311 g/mol. The minimum atomic E-state index is -0.511. The zero-order chi connectivity index (χ0) is 14.7. The number of ether oxygens (including phenoxy) is 1. The van der Waals surface area contributed by atoms with Crippen LogP contribution < -0.4 is 5.69 Å². The summed E-state index contributed by atoms with van der Waals surface area (Å²) < 4.78 is 4.73. The van der Waals surface area contributed by atoms with Crippen LogP contribution in [0.1, 0.15) is 26.8 Å². The second kappa shape index (κ2) is 6.19. The van der Waals surface area contributed by atoms with Gasteiger partial charge in [0.15, 0.2) is 0 Å². The van der Waals surface area contributed by atoms with Gasteiger partial charge in [0, 0.05) is 16.8 Å². The number of hydrogen-bond acceptors (Lipinski definition) is 7. The molecule has 2 aromatic rings. The van der Waals surface area contributed by atoms with Gasteiger partial charge < -0.3 is 9.72 Å². The SMILES string of the molecule is COC(=O)c1c(SCc2csc(C)n2)nc(=O)[nH]c1C. The van der Waals surface area contributed by atoms with E-state index in [0.29, 0.717) is 22.0 Å². The molecule has 2 aromatic heterocycles. The van der Waals surface area contributed by atoms with Gasteiger partial charge in [0.05, 0.1) is 17.8 Å². The summed E-state index contributed by atoms with van der Waals surface area (Å²) in [5.41, 5.74) is 1.16. The number of carbonyl (C=O) groups is 1. The summed E-state index contributed by atoms with van der Waals surface area (Å²) in [7, 11) is 1.30. The summed E-state index contributed by atoms with van der Waals surface area (Å²) in [5, 5.41) is 3.28. The molecule has 6 nitrogen and oxygen atoms in total. The number of aryl methyl sites for hydroxylation is 2. The number of aromatic nitrogens is 3. The third-order valence-corrected chi connectivity index (χ3v) is 4.33. The van der Waals surface area contributed by atoms with E-state index < -0.39 is 11.7 Å². The maximum atomic E-state index is 11.8. The zero-order valence-electron chi connectivity index (χ0n) is 11.2. The molecule has 106 valence electrons. The number of methoxy groups -OCH3 is 1. The van der Waals surface area contributed by atoms with Gasteiger partial charge in [-0.05, 0) is 13.8 Å². The quantitative estimate of drug-likeness (QED) is 0.527. The lowest BCUT2D eigenvalue weighted by molar-refractivity contribution is 0.0594. The van der Waals surface area contributed by atoms with Crippen LogP contribution in [0.5, 0.6) is 0 Å². The van der Waals surface area contributed by atoms with E-state index in [0.717, 1.165) is 10.7 Å². The van der Waals surface area contributed by atoms with E-state index in [2.05, 4.69) is 15.0 Å². The Morgan fingerprint density at radius 1 is 1.45 bits per heavy atom. The summed E-state index contributed by atoms with van der Waals surface area (Å²) >= 11 is 2.85. The first kappa shape index (κ1) is 14.7. The molecule has 0 aliphatic rings. The van der Waals surface area contributed by atoms with Gasteiger partial charge in [0.1, 0.15) is 10.6 Å². The summed E-state index contributed by atoms with van der Waals surface area (Å²) in [4.78, 5) is 33.9. The number of nitrogens with zero attached hydrogens (tertiary/aromatic N) is 2. The van der Waals surface area contributed by atoms with Gasteiger partial charge in [-0.3, -0.25) is 0 Å². The molecule has 0 atom stereocenters. The predicted molar refractivity (Wildman–Crippen MR) is 77.3 cm³/mol. The van der Waals surface area contributed by atoms with E-state index in [9.17, 15) is 9.59 Å². The molecule has 0 bridgehead atoms. The Labute approximate surface area is 123 Å². The van der Waals surface area contributed by atoms with Crippen molar-refractivity contribution in [1.29, 1.82) is 0 Å². The first-order valence-corrected chi connectivity index (χ1v) is 7.61. The largest absolute Gasteiger partial charge is 0.465 e. The molecule has 0 spiro atoms. The highest BCUT2D eigenvalue weighted by Crippen LogP contribution is 2.25. The monoisotopic (exact) mass is 311 g/mol. The highest BCUT2D eigenvalue weighted by atomic mass is 32.2. The van der Waals surface area contributed by atoms with Crippen LogP contribution in [0.25, 0.3) is 0 Å². The molecule has 1 N–H and O–H groups in total. The number of aromatic amines is 1. The minimum Gasteiger partial charge on any atom is -0.465 e. The normalized spacial score (nSPS) is 10.6. The molecular weight excluding hydrogens is 298 g/mol. The summed E-state index contributed by atoms with van der Waals surface area (Å²) in [5.74, 6) is 0.0349. The molecule has 8 heteroatoms. The molecular formula is C12H13N3O3S2. The molecule has 0 aliphatic carbocycles. The van der Waals surface area contributed by atoms with Crippen LogP contribution in [0.4, 0.5) is 0 Å². The van der Waals surface area contributed by atoms with Crippen molar-refractivity contribution in [3.63, 3.8) is 0 Å². The Kier molecular flexibility index (Phi) is 4.56. The van der Waals surface area contributed by atoms with Crippen molar-refractivity contribution >= 4 is 29.1 Å². The Hall–Kier alpha value is -1.67. The Morgan fingerprint density at radius 3 is 2.80 bits per heavy atom. The van der Waals surface area contributed by atoms with Gasteiger partial charge in [-0.25, -0.2) is 14.6 Å². The van der Waals surface area contributed by atoms with E-state index in [1.807, 2.05) is 12.3 Å². The second-order valence-electron chi connectivity index (χ2n) is 3.99. The third-order valence-electron chi connectivity index (χ3n) is 2.50. The standard InChI is InChI=1S/C12H13N3O3S2/c1-6-9(11(16)18-3)10(15-12(17)13-6)20-5-8-4-19-7(2)14-8/h4H,5H2,1-3H3,(H,13,15,17). The Bertz CT molecular complexity index is 693. The number of esters is 1. The van der Waals surface area contributed by atoms with E-state index >= 15 is 0 Å². The van der Waals surface area contributed by atoms with Crippen LogP contribution >= 0.6 is 23.1 Å². The molecule has 0 saturated carbocycles. The van der Waals surface area contributed by atoms with E-state index in [4.69, 9.17) is 4.74 Å². The van der Waals surface area contributed by atoms with Crippen LogP contribution in [0.3, 0.4) is 0 Å². The number of nitrogens with one attached hydrogen (secondary N) is 1. The number of thioether (sulfide) groups is 1. The Balaban J connectivity index is 2.30. The Morgan fingerprint density at radius 2 is 2.20 bits per heavy atom. The summed E-state index contributed by atoms with van der Waals surface area (Å²) in [6.45, 7) is 3.57. The number of hydrogen-bond donors (Lipinski definition) is 1. The van der Waals surface area contributed by atoms with Crippen LogP contribution in [0.15, 0.2) is 15.2 Å². The average Bonchev–Trinajstić information content (AvgIpc) is 2.81. The van der Waals surface area contributed by atoms with Crippen LogP contribution in [0, 0.1) is 13.8 Å². The van der Waals surface area contributed by atoms with Gasteiger partial charge in [0.2, 0.25) is 0 Å². The molecule has 0 aliphatic heterocycles. The molecule has 0 radical (unpaired) electrons. The van der Waals surface area contributed by atoms with Gasteiger partial charge in [0.25, 0.3) is 0 Å². The molecule has 0 fully saturated rings. The van der Waals surface area contributed by atoms with Crippen molar-refractivity contribution in [3.05, 3.63) is 37.8 Å². The molecule has 0 amide bonds. The fourth-order valence-corrected chi connectivity index (χ4v) is 3.30. The lowest BCUT2D eigenvalue weighted by Gasteiger charge is -2.08. The zero-order valence-corrected chi connectivity index (χ0v) is 12.9. The summed E-state index contributed by atoms with van der Waals surface area (Å²) in [6.07, 6.45) is 0. The first-order chi connectivity index (χ1) is 9.51. The molecule has 0 aromatic carbocycles. The fraction of sp³-hybridized carbons (Fsp3) is 0.333. The topological polar surface area (TPSA) is 84.9 Å². The maximum Gasteiger partial charge on any atom is 0.346 e. The smallest absolute Gasteiger partial charge is 0.346 e. The van der Waals surface area contributed by atoms with Crippen molar-refractivity contribution < 1.29 is 9.53 Å². The van der Waals surface area contributed by atoms with Gasteiger partial charge in [-0.15, -0.1) is 11.3 Å². The van der Waals surface area contributed by atoms with Gasteiger partial charge >= 0.3 is 11.7 Å². The number of H-pyrrole nitrogens is 1. The van der Waals surface area contributed by atoms with Crippen molar-refractivity contribution in [2.45, 2.75) is 24.6 Å². The van der Waals surface area contributed by atoms with Crippen LogP contribution in [0.2, 0.25) is 0 Å². The molecule has 0 unspecified atom stereocenters. The van der Waals surface area contributed by atoms with E-state index in [1.54, 1.807) is 18.3 Å².